The molecule has 0 bridgehead atoms. The van der Waals surface area contributed by atoms with Crippen molar-refractivity contribution in [2.45, 2.75) is 29.2 Å². The van der Waals surface area contributed by atoms with Gasteiger partial charge in [0, 0.05) is 0 Å². The highest BCUT2D eigenvalue weighted by atomic mass is 35.5. The van der Waals surface area contributed by atoms with Gasteiger partial charge in [-0.05, 0) is 42.7 Å². The lowest BCUT2D eigenvalue weighted by Crippen LogP contribution is -2.38. The number of aryl methyl sites for hydroxylation is 1. The van der Waals surface area contributed by atoms with Crippen molar-refractivity contribution in [1.29, 1.82) is 0 Å². The van der Waals surface area contributed by atoms with Crippen LogP contribution in [-0.4, -0.2) is 31.9 Å². The minimum absolute atomic E-state index is 0.131. The van der Waals surface area contributed by atoms with Gasteiger partial charge in [0.1, 0.15) is 0 Å². The predicted molar refractivity (Wildman–Crippen MR) is 95.5 cm³/mol. The van der Waals surface area contributed by atoms with Crippen molar-refractivity contribution in [3.8, 4) is 0 Å². The van der Waals surface area contributed by atoms with E-state index in [-0.39, 0.29) is 16.2 Å². The SMILES string of the molecule is Cc1ccccc1S(=O)(=O)c1ccc(CC(N)C(=O)C(=O)CCl)cc1. The molecule has 132 valence electrons. The number of nitrogens with two attached hydrogens (primary N) is 1. The number of carbonyl (C=O) groups excluding carboxylic acids is 2. The van der Waals surface area contributed by atoms with E-state index in [1.807, 2.05) is 0 Å². The molecule has 0 aliphatic rings. The fraction of sp³-hybridized carbons (Fsp3) is 0.222. The highest BCUT2D eigenvalue weighted by Crippen LogP contribution is 2.24. The van der Waals surface area contributed by atoms with Crippen LogP contribution in [0.5, 0.6) is 0 Å². The predicted octanol–water partition coefficient (Wildman–Crippen LogP) is 2.07. The first-order valence-corrected chi connectivity index (χ1v) is 9.57. The summed E-state index contributed by atoms with van der Waals surface area (Å²) in [6, 6.07) is 11.9. The van der Waals surface area contributed by atoms with Crippen molar-refractivity contribution >= 4 is 33.0 Å². The van der Waals surface area contributed by atoms with Crippen molar-refractivity contribution in [2.75, 3.05) is 5.88 Å². The van der Waals surface area contributed by atoms with Gasteiger partial charge in [-0.3, -0.25) is 9.59 Å². The van der Waals surface area contributed by atoms with E-state index in [4.69, 9.17) is 17.3 Å². The monoisotopic (exact) mass is 379 g/mol. The van der Waals surface area contributed by atoms with Crippen LogP contribution in [-0.2, 0) is 25.8 Å². The number of Topliss-reactive ketones (excluding diaryl/α,β-unsaturated/α-hetero) is 2. The second-order valence-electron chi connectivity index (χ2n) is 5.64. The van der Waals surface area contributed by atoms with E-state index in [0.29, 0.717) is 11.1 Å². The molecule has 2 aromatic carbocycles. The van der Waals surface area contributed by atoms with E-state index >= 15 is 0 Å². The van der Waals surface area contributed by atoms with Crippen LogP contribution < -0.4 is 5.73 Å². The summed E-state index contributed by atoms with van der Waals surface area (Å²) in [5, 5.41) is 0. The molecule has 5 nitrogen and oxygen atoms in total. The molecule has 0 heterocycles. The number of halogens is 1. The summed E-state index contributed by atoms with van der Waals surface area (Å²) in [6.45, 7) is 1.74. The molecular formula is C18H18ClNO4S. The Kier molecular flexibility index (Phi) is 6.11. The second-order valence-corrected chi connectivity index (χ2v) is 7.83. The largest absolute Gasteiger partial charge is 0.321 e. The Balaban J connectivity index is 2.21. The number of hydrogen-bond acceptors (Lipinski definition) is 5. The minimum Gasteiger partial charge on any atom is -0.321 e. The van der Waals surface area contributed by atoms with Gasteiger partial charge in [-0.2, -0.15) is 0 Å². The number of carbonyl (C=O) groups is 2. The molecular weight excluding hydrogens is 362 g/mol. The van der Waals surface area contributed by atoms with E-state index in [9.17, 15) is 18.0 Å². The zero-order chi connectivity index (χ0) is 18.6. The average Bonchev–Trinajstić information content (AvgIpc) is 2.61. The second kappa shape index (κ2) is 7.91. The van der Waals surface area contributed by atoms with Gasteiger partial charge in [0.05, 0.1) is 21.7 Å². The van der Waals surface area contributed by atoms with E-state index < -0.39 is 33.3 Å². The highest BCUT2D eigenvalue weighted by Gasteiger charge is 2.22. The Morgan fingerprint density at radius 1 is 1.08 bits per heavy atom. The Morgan fingerprint density at radius 3 is 2.24 bits per heavy atom. The highest BCUT2D eigenvalue weighted by molar-refractivity contribution is 7.91. The lowest BCUT2D eigenvalue weighted by Gasteiger charge is -2.11. The number of alkyl halides is 1. The molecule has 2 rings (SSSR count). The van der Waals surface area contributed by atoms with Gasteiger partial charge in [-0.1, -0.05) is 30.3 Å². The molecule has 0 aromatic heterocycles. The van der Waals surface area contributed by atoms with Crippen LogP contribution in [0, 0.1) is 6.92 Å². The third-order valence-corrected chi connectivity index (χ3v) is 5.98. The van der Waals surface area contributed by atoms with E-state index in [1.165, 1.54) is 12.1 Å². The first-order valence-electron chi connectivity index (χ1n) is 7.55. The molecule has 2 N–H and O–H groups in total. The van der Waals surface area contributed by atoms with Crippen molar-refractivity contribution in [3.05, 3.63) is 59.7 Å². The fourth-order valence-electron chi connectivity index (χ4n) is 2.41. The van der Waals surface area contributed by atoms with E-state index in [2.05, 4.69) is 0 Å². The summed E-state index contributed by atoms with van der Waals surface area (Å²) in [7, 11) is -3.62. The number of rotatable bonds is 7. The molecule has 0 aliphatic heterocycles. The number of sulfone groups is 1. The van der Waals surface area contributed by atoms with E-state index in [1.54, 1.807) is 43.3 Å². The Labute approximate surface area is 151 Å². The normalized spacial score (nSPS) is 12.6. The molecule has 0 aliphatic carbocycles. The summed E-state index contributed by atoms with van der Waals surface area (Å²) in [5.74, 6) is -1.86. The third kappa shape index (κ3) is 4.34. The van der Waals surface area contributed by atoms with Gasteiger partial charge in [0.15, 0.2) is 0 Å². The molecule has 0 fully saturated rings. The molecule has 0 saturated heterocycles. The summed E-state index contributed by atoms with van der Waals surface area (Å²) in [6.07, 6.45) is 0.131. The smallest absolute Gasteiger partial charge is 0.216 e. The van der Waals surface area contributed by atoms with Crippen LogP contribution >= 0.6 is 11.6 Å². The summed E-state index contributed by atoms with van der Waals surface area (Å²) in [4.78, 5) is 23.4. The molecule has 0 amide bonds. The van der Waals surface area contributed by atoms with Gasteiger partial charge < -0.3 is 5.73 Å². The number of hydrogen-bond donors (Lipinski definition) is 1. The van der Waals surface area contributed by atoms with Crippen molar-refractivity contribution in [2.24, 2.45) is 5.73 Å². The molecule has 2 aromatic rings. The molecule has 7 heteroatoms. The molecule has 1 unspecified atom stereocenters. The summed E-state index contributed by atoms with van der Waals surface area (Å²) >= 11 is 5.34. The fourth-order valence-corrected chi connectivity index (χ4v) is 4.04. The number of benzene rings is 2. The maximum absolute atomic E-state index is 12.7. The molecule has 0 spiro atoms. The maximum Gasteiger partial charge on any atom is 0.216 e. The molecule has 0 radical (unpaired) electrons. The molecule has 25 heavy (non-hydrogen) atoms. The van der Waals surface area contributed by atoms with Gasteiger partial charge in [-0.15, -0.1) is 11.6 Å². The van der Waals surface area contributed by atoms with Crippen LogP contribution in [0.1, 0.15) is 11.1 Å². The Bertz CT molecular complexity index is 892. The molecule has 0 saturated carbocycles. The van der Waals surface area contributed by atoms with Crippen LogP contribution in [0.25, 0.3) is 0 Å². The standard InChI is InChI=1S/C18H18ClNO4S/c1-12-4-2-3-5-17(12)25(23,24)14-8-6-13(7-9-14)10-15(20)18(22)16(21)11-19/h2-9,15H,10-11,20H2,1H3. The van der Waals surface area contributed by atoms with Crippen LogP contribution in [0.15, 0.2) is 58.3 Å². The van der Waals surface area contributed by atoms with Crippen LogP contribution in [0.4, 0.5) is 0 Å². The van der Waals surface area contributed by atoms with Crippen molar-refractivity contribution in [3.63, 3.8) is 0 Å². The van der Waals surface area contributed by atoms with Crippen molar-refractivity contribution in [1.82, 2.24) is 0 Å². The zero-order valence-electron chi connectivity index (χ0n) is 13.6. The van der Waals surface area contributed by atoms with Gasteiger partial charge in [0.25, 0.3) is 0 Å². The number of ketones is 2. The summed E-state index contributed by atoms with van der Waals surface area (Å²) in [5.41, 5.74) is 7.04. The Hall–Kier alpha value is -2.02. The minimum atomic E-state index is -3.62. The Morgan fingerprint density at radius 2 is 1.68 bits per heavy atom. The first-order chi connectivity index (χ1) is 11.8. The van der Waals surface area contributed by atoms with Crippen LogP contribution in [0.3, 0.4) is 0 Å². The zero-order valence-corrected chi connectivity index (χ0v) is 15.2. The van der Waals surface area contributed by atoms with Crippen molar-refractivity contribution < 1.29 is 18.0 Å². The lowest BCUT2D eigenvalue weighted by atomic mass is 10.0. The lowest BCUT2D eigenvalue weighted by molar-refractivity contribution is -0.135. The molecule has 1 atom stereocenters. The van der Waals surface area contributed by atoms with Gasteiger partial charge >= 0.3 is 0 Å². The summed E-state index contributed by atoms with van der Waals surface area (Å²) < 4.78 is 25.4. The maximum atomic E-state index is 12.7. The van der Waals surface area contributed by atoms with Crippen LogP contribution in [0.2, 0.25) is 0 Å². The topological polar surface area (TPSA) is 94.3 Å². The van der Waals surface area contributed by atoms with E-state index in [0.717, 1.165) is 0 Å². The quantitative estimate of drug-likeness (QED) is 0.587. The average molecular weight is 380 g/mol. The van der Waals surface area contributed by atoms with Gasteiger partial charge in [-0.25, -0.2) is 8.42 Å². The van der Waals surface area contributed by atoms with Gasteiger partial charge in [0.2, 0.25) is 21.4 Å². The third-order valence-electron chi connectivity index (χ3n) is 3.81. The first kappa shape index (κ1) is 19.3.